The highest BCUT2D eigenvalue weighted by atomic mass is 79.9. The molecule has 2 heterocycles. The summed E-state index contributed by atoms with van der Waals surface area (Å²) in [5.74, 6) is 0.221. The van der Waals surface area contributed by atoms with Crippen LogP contribution < -0.4 is 5.73 Å². The van der Waals surface area contributed by atoms with Crippen molar-refractivity contribution >= 4 is 26.8 Å². The number of halogens is 1. The Labute approximate surface area is 211 Å². The van der Waals surface area contributed by atoms with Crippen molar-refractivity contribution in [2.45, 2.75) is 11.6 Å². The van der Waals surface area contributed by atoms with Gasteiger partial charge in [-0.05, 0) is 42.2 Å². The van der Waals surface area contributed by atoms with Gasteiger partial charge in [0.15, 0.2) is 5.82 Å². The number of ether oxygens (including phenoxy) is 1. The zero-order valence-electron chi connectivity index (χ0n) is 20.0. The molecule has 1 aromatic carbocycles. The number of benzene rings is 1. The van der Waals surface area contributed by atoms with E-state index in [-0.39, 0.29) is 11.5 Å². The molecule has 184 valence electrons. The van der Waals surface area contributed by atoms with E-state index < -0.39 is 16.6 Å². The van der Waals surface area contributed by atoms with Crippen molar-refractivity contribution in [2.24, 2.45) is 5.73 Å². The van der Waals surface area contributed by atoms with E-state index in [1.54, 1.807) is 12.3 Å². The van der Waals surface area contributed by atoms with Crippen LogP contribution in [-0.2, 0) is 10.3 Å². The number of fused-ring (bicyclic) bond motifs is 1. The maximum Gasteiger partial charge on any atom is 0.290 e. The van der Waals surface area contributed by atoms with Crippen LogP contribution in [0.5, 0.6) is 0 Å². The highest BCUT2D eigenvalue weighted by Gasteiger charge is 2.45. The maximum atomic E-state index is 12.1. The lowest BCUT2D eigenvalue weighted by molar-refractivity contribution is -0.423. The molecule has 2 atom stereocenters. The van der Waals surface area contributed by atoms with Crippen molar-refractivity contribution in [3.63, 3.8) is 0 Å². The number of likely N-dealkylation sites (N-methyl/N-ethyl adjacent to an activating group) is 2. The first-order valence-electron chi connectivity index (χ1n) is 11.0. The number of H-pyrrole nitrogens is 1. The molecule has 0 saturated heterocycles. The number of methoxy groups -OCH3 is 1. The lowest BCUT2D eigenvalue weighted by Gasteiger charge is -2.35. The fourth-order valence-corrected chi connectivity index (χ4v) is 4.58. The number of nitrogens with two attached hydrogens (primary N) is 1. The summed E-state index contributed by atoms with van der Waals surface area (Å²) in [6.45, 7) is 1.32. The summed E-state index contributed by atoms with van der Waals surface area (Å²) in [6.07, 6.45) is 5.85. The monoisotopic (exact) mass is 541 g/mol. The number of para-hydroxylation sites is 1. The predicted octanol–water partition coefficient (Wildman–Crippen LogP) is 3.11. The fraction of sp³-hybridized carbons (Fsp3) is 0.333. The van der Waals surface area contributed by atoms with Crippen LogP contribution in [0.25, 0.3) is 22.2 Å². The normalized spacial score (nSPS) is 20.1. The van der Waals surface area contributed by atoms with Gasteiger partial charge in [0.05, 0.1) is 15.1 Å². The average molecular weight is 542 g/mol. The molecular weight excluding hydrogens is 514 g/mol. The van der Waals surface area contributed by atoms with Crippen molar-refractivity contribution in [1.82, 2.24) is 24.8 Å². The number of nitro groups is 1. The molecule has 0 aliphatic heterocycles. The number of aromatic amines is 1. The molecule has 35 heavy (non-hydrogen) atoms. The molecule has 0 bridgehead atoms. The first kappa shape index (κ1) is 25.0. The SMILES string of the molecule is COC1C=C(N(C)CCN(C)C)C([N+](=O)[O-])=CC1(N)c1ncc(Br)c(-c2c[nH]c3ccccc23)n1. The number of nitrogens with zero attached hydrogens (tertiary/aromatic N) is 5. The average Bonchev–Trinajstić information content (AvgIpc) is 3.26. The molecule has 2 aromatic heterocycles. The van der Waals surface area contributed by atoms with Crippen LogP contribution in [0.4, 0.5) is 0 Å². The van der Waals surface area contributed by atoms with E-state index in [1.807, 2.05) is 61.4 Å². The number of nitrogens with one attached hydrogen (secondary N) is 1. The molecule has 1 aliphatic carbocycles. The van der Waals surface area contributed by atoms with Gasteiger partial charge < -0.3 is 25.3 Å². The van der Waals surface area contributed by atoms with Crippen molar-refractivity contribution in [1.29, 1.82) is 0 Å². The smallest absolute Gasteiger partial charge is 0.290 e. The topological polar surface area (TPSA) is 126 Å². The molecule has 2 unspecified atom stereocenters. The third-order valence-corrected chi connectivity index (χ3v) is 6.72. The largest absolute Gasteiger partial charge is 0.375 e. The van der Waals surface area contributed by atoms with Crippen LogP contribution in [0.2, 0.25) is 0 Å². The van der Waals surface area contributed by atoms with Gasteiger partial charge in [-0.2, -0.15) is 0 Å². The molecule has 0 radical (unpaired) electrons. The minimum atomic E-state index is -1.45. The first-order chi connectivity index (χ1) is 16.7. The first-order valence-corrected chi connectivity index (χ1v) is 11.8. The minimum absolute atomic E-state index is 0.109. The van der Waals surface area contributed by atoms with Crippen LogP contribution >= 0.6 is 15.9 Å². The van der Waals surface area contributed by atoms with Crippen LogP contribution in [0.1, 0.15) is 5.82 Å². The standard InChI is InChI=1S/C24H28BrN7O3/c1-30(2)9-10-31(3)19-11-21(35-4)24(26,12-20(19)32(33)34)23-28-14-17(25)22(29-23)16-13-27-18-8-6-5-7-15(16)18/h5-8,11-14,21,27H,9-10,26H2,1-4H3. The molecule has 0 fully saturated rings. The van der Waals surface area contributed by atoms with Crippen LogP contribution in [0.3, 0.4) is 0 Å². The summed E-state index contributed by atoms with van der Waals surface area (Å²) in [6, 6.07) is 7.88. The van der Waals surface area contributed by atoms with Crippen LogP contribution in [0.15, 0.2) is 64.7 Å². The van der Waals surface area contributed by atoms with Crippen LogP contribution in [-0.4, -0.2) is 77.1 Å². The number of rotatable bonds is 8. The maximum absolute atomic E-state index is 12.1. The van der Waals surface area contributed by atoms with Gasteiger partial charge in [0.1, 0.15) is 17.3 Å². The van der Waals surface area contributed by atoms with E-state index in [1.165, 1.54) is 13.2 Å². The Kier molecular flexibility index (Phi) is 7.04. The van der Waals surface area contributed by atoms with E-state index >= 15 is 0 Å². The van der Waals surface area contributed by atoms with Gasteiger partial charge in [0.25, 0.3) is 5.70 Å². The van der Waals surface area contributed by atoms with Crippen molar-refractivity contribution in [3.8, 4) is 11.3 Å². The molecule has 0 spiro atoms. The Bertz CT molecular complexity index is 1320. The highest BCUT2D eigenvalue weighted by molar-refractivity contribution is 9.10. The van der Waals surface area contributed by atoms with Gasteiger partial charge in [-0.25, -0.2) is 9.97 Å². The molecule has 1 aliphatic rings. The van der Waals surface area contributed by atoms with E-state index in [0.29, 0.717) is 22.4 Å². The lowest BCUT2D eigenvalue weighted by atomic mass is 9.85. The van der Waals surface area contributed by atoms with Gasteiger partial charge in [-0.3, -0.25) is 10.1 Å². The Morgan fingerprint density at radius 3 is 2.71 bits per heavy atom. The number of aromatic nitrogens is 3. The van der Waals surface area contributed by atoms with E-state index in [4.69, 9.17) is 15.5 Å². The molecule has 3 aromatic rings. The summed E-state index contributed by atoms with van der Waals surface area (Å²) in [7, 11) is 7.23. The summed E-state index contributed by atoms with van der Waals surface area (Å²) >= 11 is 3.55. The number of hydrogen-bond acceptors (Lipinski definition) is 8. The quantitative estimate of drug-likeness (QED) is 0.329. The molecular formula is C24H28BrN7O3. The number of hydrogen-bond donors (Lipinski definition) is 2. The minimum Gasteiger partial charge on any atom is -0.375 e. The fourth-order valence-electron chi connectivity index (χ4n) is 4.18. The summed E-state index contributed by atoms with van der Waals surface area (Å²) in [5.41, 5.74) is 8.14. The summed E-state index contributed by atoms with van der Waals surface area (Å²) in [5, 5.41) is 13.1. The zero-order valence-corrected chi connectivity index (χ0v) is 21.6. The van der Waals surface area contributed by atoms with Crippen molar-refractivity contribution in [2.75, 3.05) is 41.3 Å². The Hall–Kier alpha value is -3.12. The van der Waals surface area contributed by atoms with E-state index in [2.05, 4.69) is 25.9 Å². The second-order valence-electron chi connectivity index (χ2n) is 8.79. The Balaban J connectivity index is 1.80. The van der Waals surface area contributed by atoms with E-state index in [9.17, 15) is 10.1 Å². The molecule has 3 N–H and O–H groups in total. The third kappa shape index (κ3) is 4.72. The lowest BCUT2D eigenvalue weighted by Crippen LogP contribution is -2.51. The van der Waals surface area contributed by atoms with Crippen molar-refractivity contribution in [3.05, 3.63) is 80.6 Å². The second-order valence-corrected chi connectivity index (χ2v) is 9.65. The zero-order chi connectivity index (χ0) is 25.3. The second kappa shape index (κ2) is 9.86. The molecule has 0 amide bonds. The molecule has 10 nitrogen and oxygen atoms in total. The van der Waals surface area contributed by atoms with Gasteiger partial charge in [0, 0.05) is 62.2 Å². The van der Waals surface area contributed by atoms with Gasteiger partial charge in [-0.15, -0.1) is 0 Å². The van der Waals surface area contributed by atoms with Gasteiger partial charge in [-0.1, -0.05) is 18.2 Å². The summed E-state index contributed by atoms with van der Waals surface area (Å²) in [4.78, 5) is 28.0. The summed E-state index contributed by atoms with van der Waals surface area (Å²) < 4.78 is 6.40. The molecule has 4 rings (SSSR count). The van der Waals surface area contributed by atoms with Crippen LogP contribution in [0, 0.1) is 10.1 Å². The Morgan fingerprint density at radius 1 is 1.29 bits per heavy atom. The van der Waals surface area contributed by atoms with Gasteiger partial charge >= 0.3 is 0 Å². The third-order valence-electron chi connectivity index (χ3n) is 6.14. The van der Waals surface area contributed by atoms with Gasteiger partial charge in [0.2, 0.25) is 0 Å². The van der Waals surface area contributed by atoms with Crippen molar-refractivity contribution < 1.29 is 9.66 Å². The molecule has 0 saturated carbocycles. The predicted molar refractivity (Wildman–Crippen MR) is 138 cm³/mol. The van der Waals surface area contributed by atoms with E-state index in [0.717, 1.165) is 23.0 Å². The highest BCUT2D eigenvalue weighted by Crippen LogP contribution is 2.37. The Morgan fingerprint density at radius 2 is 2.03 bits per heavy atom. The molecule has 11 heteroatoms.